The van der Waals surface area contributed by atoms with Gasteiger partial charge in [0.15, 0.2) is 5.16 Å². The van der Waals surface area contributed by atoms with Crippen LogP contribution in [0.15, 0.2) is 41.7 Å². The van der Waals surface area contributed by atoms with Crippen molar-refractivity contribution in [2.24, 2.45) is 0 Å². The number of hydrogen-bond donors (Lipinski definition) is 1. The number of thioether (sulfide) groups is 1. The van der Waals surface area contributed by atoms with Crippen molar-refractivity contribution < 1.29 is 14.7 Å². The van der Waals surface area contributed by atoms with Gasteiger partial charge in [0, 0.05) is 17.6 Å². The molecule has 6 nitrogen and oxygen atoms in total. The molecule has 0 radical (unpaired) electrons. The van der Waals surface area contributed by atoms with E-state index in [2.05, 4.69) is 15.3 Å². The summed E-state index contributed by atoms with van der Waals surface area (Å²) < 4.78 is 0. The highest BCUT2D eigenvalue weighted by atomic mass is 32.2. The monoisotopic (exact) mass is 302 g/mol. The number of carboxylic acids is 1. The Kier molecular flexibility index (Phi) is 4.89. The van der Waals surface area contributed by atoms with Crippen LogP contribution in [-0.2, 0) is 4.79 Å². The molecule has 1 heterocycles. The molecule has 0 aliphatic rings. The van der Waals surface area contributed by atoms with Crippen molar-refractivity contribution in [3.05, 3.63) is 47.8 Å². The predicted molar refractivity (Wildman–Crippen MR) is 76.9 cm³/mol. The first-order valence-corrected chi connectivity index (χ1v) is 7.07. The zero-order valence-corrected chi connectivity index (χ0v) is 12.0. The summed E-state index contributed by atoms with van der Waals surface area (Å²) in [5.41, 5.74) is 1.25. The molecule has 2 aromatic rings. The number of aromatic carboxylic acids is 1. The standard InChI is InChI=1S/C14H13N3O3S/c1-9-5-6-15-14(16-9)21-8-12(18)17-11-4-2-3-10(7-11)13(19)20/h2-7H,8H2,1H3,(H,17,18)(H,19,20)/p-1. The first-order valence-electron chi connectivity index (χ1n) is 6.08. The van der Waals surface area contributed by atoms with Gasteiger partial charge < -0.3 is 15.2 Å². The van der Waals surface area contributed by atoms with Gasteiger partial charge >= 0.3 is 0 Å². The van der Waals surface area contributed by atoms with E-state index >= 15 is 0 Å². The molecular formula is C14H12N3O3S-. The van der Waals surface area contributed by atoms with Crippen LogP contribution >= 0.6 is 11.8 Å². The van der Waals surface area contributed by atoms with Gasteiger partial charge in [-0.25, -0.2) is 9.97 Å². The Labute approximate surface area is 125 Å². The van der Waals surface area contributed by atoms with Crippen molar-refractivity contribution >= 4 is 29.3 Å². The van der Waals surface area contributed by atoms with Gasteiger partial charge in [0.05, 0.1) is 11.7 Å². The van der Waals surface area contributed by atoms with E-state index in [1.165, 1.54) is 30.0 Å². The minimum Gasteiger partial charge on any atom is -0.545 e. The third kappa shape index (κ3) is 4.57. The van der Waals surface area contributed by atoms with Crippen molar-refractivity contribution in [2.75, 3.05) is 11.1 Å². The van der Waals surface area contributed by atoms with Gasteiger partial charge in [-0.15, -0.1) is 0 Å². The first kappa shape index (κ1) is 15.0. The van der Waals surface area contributed by atoms with Crippen molar-refractivity contribution in [3.63, 3.8) is 0 Å². The van der Waals surface area contributed by atoms with E-state index < -0.39 is 5.97 Å². The van der Waals surface area contributed by atoms with Gasteiger partial charge in [0.25, 0.3) is 0 Å². The summed E-state index contributed by atoms with van der Waals surface area (Å²) in [6, 6.07) is 7.67. The summed E-state index contributed by atoms with van der Waals surface area (Å²) in [7, 11) is 0. The molecule has 0 fully saturated rings. The van der Waals surface area contributed by atoms with Crippen LogP contribution in [0.25, 0.3) is 0 Å². The molecule has 1 aromatic heterocycles. The second-order valence-corrected chi connectivity index (χ2v) is 5.13. The Balaban J connectivity index is 1.93. The summed E-state index contributed by atoms with van der Waals surface area (Å²) in [4.78, 5) is 30.8. The number of nitrogens with zero attached hydrogens (tertiary/aromatic N) is 2. The van der Waals surface area contributed by atoms with Crippen LogP contribution in [0.4, 0.5) is 5.69 Å². The lowest BCUT2D eigenvalue weighted by Crippen LogP contribution is -2.22. The van der Waals surface area contributed by atoms with Crippen molar-refractivity contribution in [1.82, 2.24) is 9.97 Å². The molecule has 0 spiro atoms. The van der Waals surface area contributed by atoms with Crippen LogP contribution in [0, 0.1) is 6.92 Å². The molecule has 0 saturated carbocycles. The van der Waals surface area contributed by atoms with Crippen LogP contribution in [0.3, 0.4) is 0 Å². The highest BCUT2D eigenvalue weighted by molar-refractivity contribution is 7.99. The molecule has 21 heavy (non-hydrogen) atoms. The molecule has 1 N–H and O–H groups in total. The molecule has 0 atom stereocenters. The van der Waals surface area contributed by atoms with Gasteiger partial charge in [-0.05, 0) is 30.7 Å². The van der Waals surface area contributed by atoms with Gasteiger partial charge in [0.1, 0.15) is 0 Å². The fraction of sp³-hybridized carbons (Fsp3) is 0.143. The number of nitrogens with one attached hydrogen (secondary N) is 1. The zero-order chi connectivity index (χ0) is 15.2. The van der Waals surface area contributed by atoms with Crippen LogP contribution in [0.1, 0.15) is 16.1 Å². The smallest absolute Gasteiger partial charge is 0.234 e. The Morgan fingerprint density at radius 1 is 1.33 bits per heavy atom. The van der Waals surface area contributed by atoms with Gasteiger partial charge in [-0.3, -0.25) is 4.79 Å². The highest BCUT2D eigenvalue weighted by Gasteiger charge is 2.06. The predicted octanol–water partition coefficient (Wildman–Crippen LogP) is 0.879. The van der Waals surface area contributed by atoms with Gasteiger partial charge in [-0.1, -0.05) is 23.9 Å². The SMILES string of the molecule is Cc1ccnc(SCC(=O)Nc2cccc(C(=O)[O-])c2)n1. The number of carbonyl (C=O) groups is 2. The number of anilines is 1. The number of aryl methyl sites for hydroxylation is 1. The van der Waals surface area contributed by atoms with E-state index in [0.29, 0.717) is 10.8 Å². The average Bonchev–Trinajstić information content (AvgIpc) is 2.45. The third-order valence-corrected chi connectivity index (χ3v) is 3.35. The molecule has 108 valence electrons. The lowest BCUT2D eigenvalue weighted by molar-refractivity contribution is -0.255. The van der Waals surface area contributed by atoms with E-state index in [-0.39, 0.29) is 17.2 Å². The molecule has 2 rings (SSSR count). The zero-order valence-electron chi connectivity index (χ0n) is 11.2. The fourth-order valence-electron chi connectivity index (χ4n) is 1.55. The van der Waals surface area contributed by atoms with E-state index in [9.17, 15) is 14.7 Å². The molecule has 0 aliphatic carbocycles. The number of aromatic nitrogens is 2. The van der Waals surface area contributed by atoms with Crippen LogP contribution < -0.4 is 10.4 Å². The van der Waals surface area contributed by atoms with Gasteiger partial charge in [-0.2, -0.15) is 0 Å². The molecule has 1 amide bonds. The average molecular weight is 302 g/mol. The van der Waals surface area contributed by atoms with E-state index in [1.54, 1.807) is 18.3 Å². The minimum atomic E-state index is -1.28. The normalized spacial score (nSPS) is 10.1. The minimum absolute atomic E-state index is 0.0162. The first-order chi connectivity index (χ1) is 10.0. The van der Waals surface area contributed by atoms with Crippen molar-refractivity contribution in [1.29, 1.82) is 0 Å². The molecule has 0 bridgehead atoms. The highest BCUT2D eigenvalue weighted by Crippen LogP contribution is 2.14. The quantitative estimate of drug-likeness (QED) is 0.650. The molecule has 0 saturated heterocycles. The summed E-state index contributed by atoms with van der Waals surface area (Å²) >= 11 is 1.21. The van der Waals surface area contributed by atoms with Crippen LogP contribution in [0.5, 0.6) is 0 Å². The maximum Gasteiger partial charge on any atom is 0.234 e. The third-order valence-electron chi connectivity index (χ3n) is 2.49. The maximum atomic E-state index is 11.8. The lowest BCUT2D eigenvalue weighted by atomic mass is 10.2. The Hall–Kier alpha value is -2.41. The van der Waals surface area contributed by atoms with Gasteiger partial charge in [0.2, 0.25) is 5.91 Å². The Morgan fingerprint density at radius 2 is 2.14 bits per heavy atom. The Bertz CT molecular complexity index is 676. The van der Waals surface area contributed by atoms with Crippen molar-refractivity contribution in [2.45, 2.75) is 12.1 Å². The summed E-state index contributed by atoms with van der Waals surface area (Å²) in [6.07, 6.45) is 1.63. The number of rotatable bonds is 5. The second kappa shape index (κ2) is 6.85. The number of carbonyl (C=O) groups excluding carboxylic acids is 2. The van der Waals surface area contributed by atoms with E-state index in [0.717, 1.165) is 5.69 Å². The number of amides is 1. The Morgan fingerprint density at radius 3 is 2.86 bits per heavy atom. The molecule has 0 aliphatic heterocycles. The topological polar surface area (TPSA) is 95.0 Å². The largest absolute Gasteiger partial charge is 0.545 e. The van der Waals surface area contributed by atoms with E-state index in [4.69, 9.17) is 0 Å². The van der Waals surface area contributed by atoms with E-state index in [1.807, 2.05) is 6.92 Å². The van der Waals surface area contributed by atoms with Crippen LogP contribution in [0.2, 0.25) is 0 Å². The molecule has 0 unspecified atom stereocenters. The maximum absolute atomic E-state index is 11.8. The molecule has 7 heteroatoms. The number of benzene rings is 1. The molecule has 1 aromatic carbocycles. The fourth-order valence-corrected chi connectivity index (χ4v) is 2.22. The summed E-state index contributed by atoms with van der Waals surface area (Å²) in [6.45, 7) is 1.84. The summed E-state index contributed by atoms with van der Waals surface area (Å²) in [5.74, 6) is -1.41. The van der Waals surface area contributed by atoms with Crippen molar-refractivity contribution in [3.8, 4) is 0 Å². The van der Waals surface area contributed by atoms with Crippen LogP contribution in [-0.4, -0.2) is 27.6 Å². The number of carboxylic acid groups (broad SMARTS) is 1. The summed E-state index contributed by atoms with van der Waals surface area (Å²) in [5, 5.41) is 13.9. The number of hydrogen-bond acceptors (Lipinski definition) is 6. The molecular weight excluding hydrogens is 290 g/mol. The lowest BCUT2D eigenvalue weighted by Gasteiger charge is -2.07. The second-order valence-electron chi connectivity index (χ2n) is 4.19.